The predicted octanol–water partition coefficient (Wildman–Crippen LogP) is 2.92. The minimum atomic E-state index is 0. The molecular formula is C12H18ClN. The summed E-state index contributed by atoms with van der Waals surface area (Å²) in [6.07, 6.45) is 6.05. The van der Waals surface area contributed by atoms with E-state index in [1.807, 2.05) is 0 Å². The quantitative estimate of drug-likeness (QED) is 0.818. The third-order valence-corrected chi connectivity index (χ3v) is 3.10. The van der Waals surface area contributed by atoms with Gasteiger partial charge in [0.15, 0.2) is 0 Å². The monoisotopic (exact) mass is 211 g/mol. The van der Waals surface area contributed by atoms with E-state index in [1.54, 1.807) is 0 Å². The van der Waals surface area contributed by atoms with Crippen molar-refractivity contribution in [3.05, 3.63) is 35.9 Å². The van der Waals surface area contributed by atoms with Gasteiger partial charge in [0.2, 0.25) is 0 Å². The SMILES string of the molecule is Cl.NC1(CCc2ccccc2)CCC1. The average molecular weight is 212 g/mol. The topological polar surface area (TPSA) is 26.0 Å². The Hall–Kier alpha value is -0.530. The molecule has 0 radical (unpaired) electrons. The third-order valence-electron chi connectivity index (χ3n) is 3.10. The minimum Gasteiger partial charge on any atom is -0.325 e. The van der Waals surface area contributed by atoms with Gasteiger partial charge in [0.05, 0.1) is 0 Å². The molecule has 1 aliphatic carbocycles. The summed E-state index contributed by atoms with van der Waals surface area (Å²) in [5.74, 6) is 0. The maximum absolute atomic E-state index is 6.15. The lowest BCUT2D eigenvalue weighted by atomic mass is 9.74. The summed E-state index contributed by atoms with van der Waals surface area (Å²) >= 11 is 0. The highest BCUT2D eigenvalue weighted by Gasteiger charge is 2.31. The lowest BCUT2D eigenvalue weighted by Gasteiger charge is -2.38. The molecule has 2 heteroatoms. The van der Waals surface area contributed by atoms with Gasteiger partial charge >= 0.3 is 0 Å². The van der Waals surface area contributed by atoms with Crippen LogP contribution in [0.3, 0.4) is 0 Å². The van der Waals surface area contributed by atoms with Gasteiger partial charge in [0, 0.05) is 5.54 Å². The molecule has 0 spiro atoms. The van der Waals surface area contributed by atoms with Crippen molar-refractivity contribution in [2.75, 3.05) is 0 Å². The van der Waals surface area contributed by atoms with Crippen molar-refractivity contribution in [2.24, 2.45) is 5.73 Å². The lowest BCUT2D eigenvalue weighted by Crippen LogP contribution is -2.46. The molecule has 0 amide bonds. The van der Waals surface area contributed by atoms with Crippen molar-refractivity contribution in [1.29, 1.82) is 0 Å². The number of hydrogen-bond acceptors (Lipinski definition) is 1. The van der Waals surface area contributed by atoms with Gasteiger partial charge in [0.25, 0.3) is 0 Å². The molecule has 1 aromatic carbocycles. The smallest absolute Gasteiger partial charge is 0.0157 e. The first-order chi connectivity index (χ1) is 6.29. The summed E-state index contributed by atoms with van der Waals surface area (Å²) in [6.45, 7) is 0. The Bertz CT molecular complexity index is 267. The van der Waals surface area contributed by atoms with Crippen LogP contribution in [-0.2, 0) is 6.42 Å². The summed E-state index contributed by atoms with van der Waals surface area (Å²) in [5.41, 5.74) is 7.74. The lowest BCUT2D eigenvalue weighted by molar-refractivity contribution is 0.232. The van der Waals surface area contributed by atoms with Crippen molar-refractivity contribution in [3.8, 4) is 0 Å². The van der Waals surface area contributed by atoms with E-state index in [0.717, 1.165) is 12.8 Å². The Labute approximate surface area is 92.1 Å². The van der Waals surface area contributed by atoms with Crippen LogP contribution in [0.2, 0.25) is 0 Å². The van der Waals surface area contributed by atoms with Crippen molar-refractivity contribution < 1.29 is 0 Å². The molecular weight excluding hydrogens is 194 g/mol. The Morgan fingerprint density at radius 1 is 1.14 bits per heavy atom. The molecule has 0 unspecified atom stereocenters. The summed E-state index contributed by atoms with van der Waals surface area (Å²) < 4.78 is 0. The van der Waals surface area contributed by atoms with Gasteiger partial charge in [0.1, 0.15) is 0 Å². The average Bonchev–Trinajstić information content (AvgIpc) is 2.13. The first-order valence-electron chi connectivity index (χ1n) is 5.11. The van der Waals surface area contributed by atoms with E-state index < -0.39 is 0 Å². The molecule has 1 aromatic rings. The zero-order valence-corrected chi connectivity index (χ0v) is 9.22. The summed E-state index contributed by atoms with van der Waals surface area (Å²) in [7, 11) is 0. The van der Waals surface area contributed by atoms with E-state index in [1.165, 1.54) is 24.8 Å². The van der Waals surface area contributed by atoms with Gasteiger partial charge in [-0.25, -0.2) is 0 Å². The summed E-state index contributed by atoms with van der Waals surface area (Å²) in [4.78, 5) is 0. The van der Waals surface area contributed by atoms with Crippen LogP contribution < -0.4 is 5.73 Å². The number of nitrogens with two attached hydrogens (primary N) is 1. The fourth-order valence-corrected chi connectivity index (χ4v) is 1.92. The van der Waals surface area contributed by atoms with Crippen molar-refractivity contribution in [3.63, 3.8) is 0 Å². The molecule has 0 saturated heterocycles. The number of benzene rings is 1. The molecule has 1 nitrogen and oxygen atoms in total. The molecule has 0 aliphatic heterocycles. The van der Waals surface area contributed by atoms with E-state index in [4.69, 9.17) is 5.73 Å². The Balaban J connectivity index is 0.000000980. The van der Waals surface area contributed by atoms with E-state index in [0.29, 0.717) is 0 Å². The van der Waals surface area contributed by atoms with Crippen LogP contribution in [0.1, 0.15) is 31.2 Å². The van der Waals surface area contributed by atoms with Crippen LogP contribution >= 0.6 is 12.4 Å². The molecule has 1 aliphatic rings. The van der Waals surface area contributed by atoms with Gasteiger partial charge in [-0.3, -0.25) is 0 Å². The number of rotatable bonds is 3. The highest BCUT2D eigenvalue weighted by atomic mass is 35.5. The first-order valence-corrected chi connectivity index (χ1v) is 5.11. The Morgan fingerprint density at radius 2 is 1.79 bits per heavy atom. The second-order valence-electron chi connectivity index (χ2n) is 4.20. The van der Waals surface area contributed by atoms with Crippen LogP contribution in [0, 0.1) is 0 Å². The van der Waals surface area contributed by atoms with Crippen molar-refractivity contribution in [1.82, 2.24) is 0 Å². The highest BCUT2D eigenvalue weighted by molar-refractivity contribution is 5.85. The molecule has 1 saturated carbocycles. The predicted molar refractivity (Wildman–Crippen MR) is 62.8 cm³/mol. The largest absolute Gasteiger partial charge is 0.325 e. The second-order valence-corrected chi connectivity index (χ2v) is 4.20. The molecule has 14 heavy (non-hydrogen) atoms. The molecule has 2 rings (SSSR count). The zero-order chi connectivity index (χ0) is 9.15. The molecule has 0 atom stereocenters. The number of halogens is 1. The first kappa shape index (κ1) is 11.5. The van der Waals surface area contributed by atoms with Gasteiger partial charge in [-0.05, 0) is 37.7 Å². The Morgan fingerprint density at radius 3 is 2.29 bits per heavy atom. The fourth-order valence-electron chi connectivity index (χ4n) is 1.92. The summed E-state index contributed by atoms with van der Waals surface area (Å²) in [5, 5.41) is 0. The van der Waals surface area contributed by atoms with Crippen LogP contribution in [0.5, 0.6) is 0 Å². The van der Waals surface area contributed by atoms with Gasteiger partial charge in [-0.2, -0.15) is 0 Å². The van der Waals surface area contributed by atoms with Crippen LogP contribution in [0.4, 0.5) is 0 Å². The molecule has 0 bridgehead atoms. The minimum absolute atomic E-state index is 0. The van der Waals surface area contributed by atoms with E-state index >= 15 is 0 Å². The van der Waals surface area contributed by atoms with E-state index in [-0.39, 0.29) is 17.9 Å². The summed E-state index contributed by atoms with van der Waals surface area (Å²) in [6, 6.07) is 10.6. The van der Waals surface area contributed by atoms with E-state index in [9.17, 15) is 0 Å². The molecule has 0 heterocycles. The van der Waals surface area contributed by atoms with E-state index in [2.05, 4.69) is 30.3 Å². The zero-order valence-electron chi connectivity index (χ0n) is 8.41. The standard InChI is InChI=1S/C12H17N.ClH/c13-12(8-4-9-12)10-7-11-5-2-1-3-6-11;/h1-3,5-6H,4,7-10,13H2;1H. The molecule has 2 N–H and O–H groups in total. The number of aryl methyl sites for hydroxylation is 1. The van der Waals surface area contributed by atoms with Crippen LogP contribution in [-0.4, -0.2) is 5.54 Å². The maximum Gasteiger partial charge on any atom is 0.0157 e. The van der Waals surface area contributed by atoms with Crippen molar-refractivity contribution >= 4 is 12.4 Å². The highest BCUT2D eigenvalue weighted by Crippen LogP contribution is 2.33. The molecule has 0 aromatic heterocycles. The van der Waals surface area contributed by atoms with Crippen LogP contribution in [0.15, 0.2) is 30.3 Å². The Kier molecular flexibility index (Phi) is 3.97. The second kappa shape index (κ2) is 4.81. The van der Waals surface area contributed by atoms with Crippen molar-refractivity contribution in [2.45, 2.75) is 37.6 Å². The van der Waals surface area contributed by atoms with Crippen LogP contribution in [0.25, 0.3) is 0 Å². The normalized spacial score (nSPS) is 18.1. The number of hydrogen-bond donors (Lipinski definition) is 1. The molecule has 1 fully saturated rings. The maximum atomic E-state index is 6.15. The van der Waals surface area contributed by atoms with Gasteiger partial charge in [-0.15, -0.1) is 12.4 Å². The molecule has 78 valence electrons. The van der Waals surface area contributed by atoms with Gasteiger partial charge in [-0.1, -0.05) is 30.3 Å². The third kappa shape index (κ3) is 2.73. The van der Waals surface area contributed by atoms with Gasteiger partial charge < -0.3 is 5.73 Å². The fraction of sp³-hybridized carbons (Fsp3) is 0.500.